The first kappa shape index (κ1) is 31.4. The fraction of sp³-hybridized carbons (Fsp3) is 0.512. The molecule has 43 heavy (non-hydrogen) atoms. The smallest absolute Gasteiger partial charge is 0.154 e. The molecule has 1 fully saturated rings. The summed E-state index contributed by atoms with van der Waals surface area (Å²) in [4.78, 5) is 27.1. The second-order valence-corrected chi connectivity index (χ2v) is 16.0. The van der Waals surface area contributed by atoms with Crippen LogP contribution in [0.4, 0.5) is 0 Å². The molecule has 1 saturated carbocycles. The van der Waals surface area contributed by atoms with Gasteiger partial charge in [-0.3, -0.25) is 9.59 Å². The van der Waals surface area contributed by atoms with Gasteiger partial charge in [-0.2, -0.15) is 0 Å². The molecule has 3 aliphatic carbocycles. The SMILES string of the molecule is C=C(CCc1cc(C(C)(C)C)c(C)c2c1C[C@]1(C)C[C@]3(C)CC(C)C(C(C)=O)C(=O)[C@]3(C)C(C)=C1C2=C)c1ccccc1. The number of carbonyl (C=O) groups is 2. The predicted octanol–water partition coefficient (Wildman–Crippen LogP) is 10.1. The molecule has 0 aromatic heterocycles. The van der Waals surface area contributed by atoms with Crippen molar-refractivity contribution in [3.8, 4) is 0 Å². The molecule has 3 aliphatic rings. The molecule has 0 heterocycles. The Bertz CT molecular complexity index is 1580. The molecule has 0 radical (unpaired) electrons. The highest BCUT2D eigenvalue weighted by atomic mass is 16.2. The van der Waals surface area contributed by atoms with Gasteiger partial charge in [0, 0.05) is 0 Å². The van der Waals surface area contributed by atoms with Gasteiger partial charge in [-0.1, -0.05) is 96.7 Å². The van der Waals surface area contributed by atoms with Crippen LogP contribution in [0.25, 0.3) is 11.1 Å². The highest BCUT2D eigenvalue weighted by Crippen LogP contribution is 2.68. The Kier molecular flexibility index (Phi) is 7.52. The van der Waals surface area contributed by atoms with Crippen molar-refractivity contribution in [1.29, 1.82) is 0 Å². The second-order valence-electron chi connectivity index (χ2n) is 16.0. The first-order valence-electron chi connectivity index (χ1n) is 16.2. The molecule has 0 aliphatic heterocycles. The van der Waals surface area contributed by atoms with E-state index >= 15 is 0 Å². The van der Waals surface area contributed by atoms with Gasteiger partial charge in [0.05, 0.1) is 11.3 Å². The molecule has 2 aromatic carbocycles. The van der Waals surface area contributed by atoms with E-state index in [0.29, 0.717) is 0 Å². The van der Waals surface area contributed by atoms with Crippen molar-refractivity contribution in [2.75, 3.05) is 0 Å². The summed E-state index contributed by atoms with van der Waals surface area (Å²) in [5.41, 5.74) is 11.6. The first-order chi connectivity index (χ1) is 19.9. The van der Waals surface area contributed by atoms with Crippen molar-refractivity contribution in [3.63, 3.8) is 0 Å². The lowest BCUT2D eigenvalue weighted by Gasteiger charge is -2.62. The summed E-state index contributed by atoms with van der Waals surface area (Å²) in [6.07, 6.45) is 4.58. The summed E-state index contributed by atoms with van der Waals surface area (Å²) < 4.78 is 0. The van der Waals surface area contributed by atoms with Gasteiger partial charge in [-0.15, -0.1) is 0 Å². The van der Waals surface area contributed by atoms with Crippen molar-refractivity contribution < 1.29 is 9.59 Å². The maximum absolute atomic E-state index is 14.4. The van der Waals surface area contributed by atoms with E-state index in [2.05, 4.69) is 105 Å². The van der Waals surface area contributed by atoms with E-state index < -0.39 is 11.3 Å². The molecule has 5 atom stereocenters. The van der Waals surface area contributed by atoms with E-state index in [1.54, 1.807) is 6.92 Å². The van der Waals surface area contributed by atoms with Crippen molar-refractivity contribution in [2.24, 2.45) is 28.1 Å². The molecule has 2 heteroatoms. The third-order valence-electron chi connectivity index (χ3n) is 11.9. The summed E-state index contributed by atoms with van der Waals surface area (Å²) in [6, 6.07) is 13.0. The van der Waals surface area contributed by atoms with E-state index in [1.807, 2.05) is 0 Å². The van der Waals surface area contributed by atoms with Gasteiger partial charge in [-0.25, -0.2) is 0 Å². The number of carbonyl (C=O) groups excluding carboxylic acids is 2. The van der Waals surface area contributed by atoms with Crippen LogP contribution in [-0.4, -0.2) is 11.6 Å². The summed E-state index contributed by atoms with van der Waals surface area (Å²) >= 11 is 0. The van der Waals surface area contributed by atoms with Crippen LogP contribution in [0.5, 0.6) is 0 Å². The topological polar surface area (TPSA) is 34.1 Å². The summed E-state index contributed by atoms with van der Waals surface area (Å²) in [6.45, 7) is 31.2. The number of Topliss-reactive ketones (excluding diaryl/α,β-unsaturated/α-hetero) is 2. The Labute approximate surface area is 260 Å². The van der Waals surface area contributed by atoms with Gasteiger partial charge in [0.1, 0.15) is 5.78 Å². The molecule has 0 N–H and O–H groups in total. The van der Waals surface area contributed by atoms with Gasteiger partial charge in [-0.05, 0) is 132 Å². The Hall–Kier alpha value is -3.00. The van der Waals surface area contributed by atoms with Gasteiger partial charge < -0.3 is 0 Å². The highest BCUT2D eigenvalue weighted by molar-refractivity contribution is 6.07. The fourth-order valence-electron chi connectivity index (χ4n) is 9.89. The molecule has 5 rings (SSSR count). The molecule has 2 aromatic rings. The number of ketones is 2. The van der Waals surface area contributed by atoms with Crippen LogP contribution in [-0.2, 0) is 27.8 Å². The first-order valence-corrected chi connectivity index (χ1v) is 16.2. The van der Waals surface area contributed by atoms with E-state index in [4.69, 9.17) is 6.58 Å². The lowest BCUT2D eigenvalue weighted by atomic mass is 9.40. The molecule has 0 bridgehead atoms. The summed E-state index contributed by atoms with van der Waals surface area (Å²) in [5.74, 6) is -0.351. The molecule has 228 valence electrons. The third-order valence-corrected chi connectivity index (χ3v) is 11.9. The highest BCUT2D eigenvalue weighted by Gasteiger charge is 2.64. The minimum atomic E-state index is -0.684. The van der Waals surface area contributed by atoms with E-state index in [1.165, 1.54) is 44.5 Å². The molecular formula is C41H52O2. The molecule has 0 saturated heterocycles. The normalized spacial score (nSPS) is 30.5. The van der Waals surface area contributed by atoms with E-state index in [9.17, 15) is 9.59 Å². The zero-order chi connectivity index (χ0) is 31.9. The van der Waals surface area contributed by atoms with Crippen LogP contribution in [0.3, 0.4) is 0 Å². The average molecular weight is 577 g/mol. The molecule has 0 spiro atoms. The molecule has 0 amide bonds. The molecular weight excluding hydrogens is 524 g/mol. The third kappa shape index (κ3) is 4.66. The molecule has 2 unspecified atom stereocenters. The lowest BCUT2D eigenvalue weighted by molar-refractivity contribution is -0.154. The zero-order valence-corrected chi connectivity index (χ0v) is 28.4. The Morgan fingerprint density at radius 1 is 1.07 bits per heavy atom. The lowest BCUT2D eigenvalue weighted by Crippen LogP contribution is -2.60. The number of benzene rings is 2. The summed E-state index contributed by atoms with van der Waals surface area (Å²) in [5, 5.41) is 0. The minimum Gasteiger partial charge on any atom is -0.299 e. The van der Waals surface area contributed by atoms with Crippen LogP contribution < -0.4 is 0 Å². The number of rotatable bonds is 5. The van der Waals surface area contributed by atoms with Crippen LogP contribution in [0.2, 0.25) is 0 Å². The number of hydrogen-bond acceptors (Lipinski definition) is 2. The number of hydrogen-bond donors (Lipinski definition) is 0. The summed E-state index contributed by atoms with van der Waals surface area (Å²) in [7, 11) is 0. The Morgan fingerprint density at radius 2 is 1.70 bits per heavy atom. The standard InChI is InChI=1S/C41H52O2/c1-24(30-16-14-13-15-17-30)18-19-31-20-33(38(7,8)9)26(3)35-27(4)36-28(5)41(12)37(43)34(29(6)42)25(2)21-40(41,11)23-39(36,10)22-32(31)35/h13-17,20,25,34H,1,4,18-19,21-23H2,2-3,5-12H3/t25?,34?,39-,40+,41+/m1/s1. The average Bonchev–Trinajstić information content (AvgIpc) is 2.89. The number of aryl methyl sites for hydroxylation is 1. The van der Waals surface area contributed by atoms with Crippen molar-refractivity contribution in [2.45, 2.75) is 107 Å². The Morgan fingerprint density at radius 3 is 2.28 bits per heavy atom. The van der Waals surface area contributed by atoms with Crippen molar-refractivity contribution >= 4 is 22.7 Å². The monoisotopic (exact) mass is 576 g/mol. The zero-order valence-electron chi connectivity index (χ0n) is 28.4. The molecule has 2 nitrogen and oxygen atoms in total. The van der Waals surface area contributed by atoms with E-state index in [-0.39, 0.29) is 33.7 Å². The van der Waals surface area contributed by atoms with Crippen LogP contribution in [0.15, 0.2) is 60.7 Å². The second kappa shape index (κ2) is 10.3. The quantitative estimate of drug-likeness (QED) is 0.332. The Balaban J connectivity index is 1.69. The van der Waals surface area contributed by atoms with Gasteiger partial charge >= 0.3 is 0 Å². The number of allylic oxidation sites excluding steroid dienone is 4. The van der Waals surface area contributed by atoms with Crippen LogP contribution in [0, 0.1) is 35.0 Å². The van der Waals surface area contributed by atoms with Gasteiger partial charge in [0.2, 0.25) is 0 Å². The number of fused-ring (bicyclic) bond motifs is 3. The van der Waals surface area contributed by atoms with Crippen molar-refractivity contribution in [3.05, 3.63) is 94.1 Å². The predicted molar refractivity (Wildman–Crippen MR) is 181 cm³/mol. The minimum absolute atomic E-state index is 0.00659. The maximum atomic E-state index is 14.4. The van der Waals surface area contributed by atoms with Gasteiger partial charge in [0.25, 0.3) is 0 Å². The van der Waals surface area contributed by atoms with Crippen LogP contribution in [0.1, 0.15) is 115 Å². The van der Waals surface area contributed by atoms with Crippen molar-refractivity contribution in [1.82, 2.24) is 0 Å². The fourth-order valence-corrected chi connectivity index (χ4v) is 9.89. The maximum Gasteiger partial charge on any atom is 0.154 e. The van der Waals surface area contributed by atoms with Gasteiger partial charge in [0.15, 0.2) is 5.78 Å². The van der Waals surface area contributed by atoms with E-state index in [0.717, 1.165) is 43.3 Å². The largest absolute Gasteiger partial charge is 0.299 e. The van der Waals surface area contributed by atoms with Crippen LogP contribution >= 0.6 is 0 Å².